The molecular weight excluding hydrogens is 458 g/mol. The quantitative estimate of drug-likeness (QED) is 0.342. The third-order valence-corrected chi connectivity index (χ3v) is 5.85. The summed E-state index contributed by atoms with van der Waals surface area (Å²) in [7, 11) is 0. The predicted octanol–water partition coefficient (Wildman–Crippen LogP) is 4.77. The van der Waals surface area contributed by atoms with Crippen molar-refractivity contribution in [2.75, 3.05) is 18.5 Å². The van der Waals surface area contributed by atoms with Gasteiger partial charge in [0.05, 0.1) is 24.5 Å². The Bertz CT molecular complexity index is 1440. The monoisotopic (exact) mass is 485 g/mol. The third kappa shape index (κ3) is 4.45. The highest BCUT2D eigenvalue weighted by Gasteiger charge is 2.30. The van der Waals surface area contributed by atoms with Gasteiger partial charge in [-0.25, -0.2) is 9.36 Å². The fourth-order valence-electron chi connectivity index (χ4n) is 4.32. The molecule has 184 valence electrons. The van der Waals surface area contributed by atoms with Gasteiger partial charge in [-0.2, -0.15) is 0 Å². The van der Waals surface area contributed by atoms with Crippen molar-refractivity contribution >= 4 is 11.6 Å². The molecule has 0 spiro atoms. The Morgan fingerprint density at radius 1 is 0.944 bits per heavy atom. The number of nitrogens with one attached hydrogen (secondary N) is 1. The minimum absolute atomic E-state index is 0.126. The van der Waals surface area contributed by atoms with Crippen molar-refractivity contribution in [2.24, 2.45) is 0 Å². The standard InChI is InChI=1S/C28H27N3O5/c1-3-34-22-15-13-20(14-16-22)29-25(32)18-30-28-23(27(33)31(30)21-10-6-5-7-11-21)17-19-9-8-12-24(35-4-2)26(19)36-28/h5-16H,3-4,17-18H2,1-2H3,(H,29,32). The maximum absolute atomic E-state index is 13.6. The minimum Gasteiger partial charge on any atom is -0.494 e. The molecule has 0 unspecified atom stereocenters. The van der Waals surface area contributed by atoms with Gasteiger partial charge in [-0.15, -0.1) is 0 Å². The van der Waals surface area contributed by atoms with Crippen molar-refractivity contribution in [3.63, 3.8) is 0 Å². The molecule has 8 heteroatoms. The highest BCUT2D eigenvalue weighted by Crippen LogP contribution is 2.42. The molecule has 2 heterocycles. The summed E-state index contributed by atoms with van der Waals surface area (Å²) in [6.45, 7) is 4.74. The van der Waals surface area contributed by atoms with Crippen molar-refractivity contribution in [1.29, 1.82) is 0 Å². The molecule has 5 rings (SSSR count). The van der Waals surface area contributed by atoms with Crippen molar-refractivity contribution in [3.05, 3.63) is 94.3 Å². The lowest BCUT2D eigenvalue weighted by molar-refractivity contribution is -0.117. The van der Waals surface area contributed by atoms with Gasteiger partial charge in [-0.3, -0.25) is 9.59 Å². The number of carbonyl (C=O) groups excluding carboxylic acids is 1. The Labute approximate surface area is 208 Å². The number of aromatic nitrogens is 2. The van der Waals surface area contributed by atoms with Gasteiger partial charge in [0.25, 0.3) is 5.56 Å². The molecule has 0 bridgehead atoms. The van der Waals surface area contributed by atoms with E-state index in [0.717, 1.165) is 11.3 Å². The molecule has 0 atom stereocenters. The molecule has 1 aliphatic rings. The Morgan fingerprint density at radius 2 is 1.69 bits per heavy atom. The highest BCUT2D eigenvalue weighted by molar-refractivity contribution is 5.90. The van der Waals surface area contributed by atoms with E-state index in [4.69, 9.17) is 14.2 Å². The van der Waals surface area contributed by atoms with E-state index in [1.54, 1.807) is 28.9 Å². The lowest BCUT2D eigenvalue weighted by Crippen LogP contribution is -2.27. The molecule has 8 nitrogen and oxygen atoms in total. The molecule has 1 aliphatic heterocycles. The van der Waals surface area contributed by atoms with Crippen LogP contribution in [-0.4, -0.2) is 28.5 Å². The number of para-hydroxylation sites is 2. The molecule has 1 aromatic heterocycles. The molecule has 0 fully saturated rings. The van der Waals surface area contributed by atoms with Crippen LogP contribution in [0.3, 0.4) is 0 Å². The van der Waals surface area contributed by atoms with Crippen LogP contribution in [0.2, 0.25) is 0 Å². The van der Waals surface area contributed by atoms with Gasteiger partial charge < -0.3 is 19.5 Å². The van der Waals surface area contributed by atoms with Crippen molar-refractivity contribution in [1.82, 2.24) is 9.36 Å². The summed E-state index contributed by atoms with van der Waals surface area (Å²) in [5.41, 5.74) is 2.40. The van der Waals surface area contributed by atoms with Crippen LogP contribution in [0.4, 0.5) is 5.69 Å². The number of nitrogens with zero attached hydrogens (tertiary/aromatic N) is 2. The number of carbonyl (C=O) groups is 1. The average molecular weight is 486 g/mol. The van der Waals surface area contributed by atoms with E-state index in [2.05, 4.69) is 5.32 Å². The molecule has 0 saturated heterocycles. The van der Waals surface area contributed by atoms with E-state index >= 15 is 0 Å². The first-order valence-corrected chi connectivity index (χ1v) is 11.9. The third-order valence-electron chi connectivity index (χ3n) is 5.85. The van der Waals surface area contributed by atoms with E-state index in [0.29, 0.717) is 54.0 Å². The normalized spacial score (nSPS) is 11.7. The summed E-state index contributed by atoms with van der Waals surface area (Å²) in [4.78, 5) is 26.7. The van der Waals surface area contributed by atoms with Gasteiger partial charge in [0.15, 0.2) is 11.5 Å². The zero-order valence-corrected chi connectivity index (χ0v) is 20.2. The largest absolute Gasteiger partial charge is 0.494 e. The summed E-state index contributed by atoms with van der Waals surface area (Å²) < 4.78 is 20.6. The zero-order chi connectivity index (χ0) is 25.1. The SMILES string of the molecule is CCOc1ccc(NC(=O)Cn2c3c(c(=O)n2-c2ccccc2)Cc2cccc(OCC)c2O3)cc1. The average Bonchev–Trinajstić information content (AvgIpc) is 3.15. The van der Waals surface area contributed by atoms with Gasteiger partial charge in [0.2, 0.25) is 11.8 Å². The summed E-state index contributed by atoms with van der Waals surface area (Å²) in [5, 5.41) is 2.89. The summed E-state index contributed by atoms with van der Waals surface area (Å²) >= 11 is 0. The van der Waals surface area contributed by atoms with E-state index in [-0.39, 0.29) is 18.0 Å². The number of anilines is 1. The first kappa shape index (κ1) is 23.3. The fraction of sp³-hybridized carbons (Fsp3) is 0.214. The lowest BCUT2D eigenvalue weighted by atomic mass is 10.0. The lowest BCUT2D eigenvalue weighted by Gasteiger charge is -2.21. The number of hydrogen-bond donors (Lipinski definition) is 1. The fourth-order valence-corrected chi connectivity index (χ4v) is 4.32. The molecule has 0 radical (unpaired) electrons. The molecule has 4 aromatic rings. The predicted molar refractivity (Wildman–Crippen MR) is 137 cm³/mol. The second-order valence-electron chi connectivity index (χ2n) is 8.26. The number of fused-ring (bicyclic) bond motifs is 2. The Kier molecular flexibility index (Phi) is 6.49. The maximum atomic E-state index is 13.6. The Balaban J connectivity index is 1.52. The number of benzene rings is 3. The van der Waals surface area contributed by atoms with Crippen molar-refractivity contribution < 1.29 is 19.0 Å². The van der Waals surface area contributed by atoms with Crippen LogP contribution in [0, 0.1) is 0 Å². The highest BCUT2D eigenvalue weighted by atomic mass is 16.5. The Hall–Kier alpha value is -4.46. The van der Waals surface area contributed by atoms with Crippen LogP contribution < -0.4 is 25.1 Å². The van der Waals surface area contributed by atoms with Crippen LogP contribution in [0.25, 0.3) is 5.69 Å². The molecule has 0 aliphatic carbocycles. The summed E-state index contributed by atoms with van der Waals surface area (Å²) in [6, 6.07) is 22.0. The zero-order valence-electron chi connectivity index (χ0n) is 20.2. The molecular formula is C28H27N3O5. The second-order valence-corrected chi connectivity index (χ2v) is 8.26. The second kappa shape index (κ2) is 10.0. The Morgan fingerprint density at radius 3 is 2.42 bits per heavy atom. The van der Waals surface area contributed by atoms with Crippen LogP contribution in [0.5, 0.6) is 23.1 Å². The van der Waals surface area contributed by atoms with E-state index in [1.807, 2.05) is 62.4 Å². The van der Waals surface area contributed by atoms with Crippen LogP contribution in [0.1, 0.15) is 25.0 Å². The number of ether oxygens (including phenoxy) is 3. The van der Waals surface area contributed by atoms with E-state index in [9.17, 15) is 9.59 Å². The smallest absolute Gasteiger partial charge is 0.278 e. The van der Waals surface area contributed by atoms with Gasteiger partial charge in [0, 0.05) is 17.7 Å². The molecule has 0 saturated carbocycles. The van der Waals surface area contributed by atoms with Gasteiger partial charge in [-0.1, -0.05) is 30.3 Å². The summed E-state index contributed by atoms with van der Waals surface area (Å²) in [6.07, 6.45) is 0.380. The first-order valence-electron chi connectivity index (χ1n) is 11.9. The van der Waals surface area contributed by atoms with Gasteiger partial charge in [0.1, 0.15) is 12.3 Å². The van der Waals surface area contributed by atoms with Gasteiger partial charge in [-0.05, 0) is 56.3 Å². The first-order chi connectivity index (χ1) is 17.6. The summed E-state index contributed by atoms with van der Waals surface area (Å²) in [5.74, 6) is 1.94. The topological polar surface area (TPSA) is 83.7 Å². The van der Waals surface area contributed by atoms with Gasteiger partial charge >= 0.3 is 0 Å². The van der Waals surface area contributed by atoms with Crippen LogP contribution >= 0.6 is 0 Å². The molecule has 36 heavy (non-hydrogen) atoms. The molecule has 1 amide bonds. The minimum atomic E-state index is -0.297. The van der Waals surface area contributed by atoms with Crippen molar-refractivity contribution in [3.8, 4) is 28.8 Å². The number of hydrogen-bond acceptors (Lipinski definition) is 5. The van der Waals surface area contributed by atoms with E-state index < -0.39 is 0 Å². The van der Waals surface area contributed by atoms with Crippen LogP contribution in [0.15, 0.2) is 77.6 Å². The number of amides is 1. The number of rotatable bonds is 8. The molecule has 1 N–H and O–H groups in total. The van der Waals surface area contributed by atoms with Crippen molar-refractivity contribution in [2.45, 2.75) is 26.8 Å². The van der Waals surface area contributed by atoms with Crippen LogP contribution in [-0.2, 0) is 17.8 Å². The molecule has 3 aromatic carbocycles. The maximum Gasteiger partial charge on any atom is 0.278 e. The van der Waals surface area contributed by atoms with E-state index in [1.165, 1.54) is 4.68 Å².